The van der Waals surface area contributed by atoms with E-state index in [0.29, 0.717) is 0 Å². The van der Waals surface area contributed by atoms with Crippen molar-refractivity contribution in [1.29, 1.82) is 0 Å². The van der Waals surface area contributed by atoms with Gasteiger partial charge in [0.25, 0.3) is 0 Å². The van der Waals surface area contributed by atoms with Gasteiger partial charge in [0.2, 0.25) is 5.91 Å². The van der Waals surface area contributed by atoms with E-state index < -0.39 is 6.04 Å². The van der Waals surface area contributed by atoms with Gasteiger partial charge in [-0.25, -0.2) is 0 Å². The molecule has 6 heteroatoms. The number of nitrogens with zero attached hydrogens (tertiary/aromatic N) is 2. The van der Waals surface area contributed by atoms with Gasteiger partial charge in [-0.05, 0) is 51.6 Å². The summed E-state index contributed by atoms with van der Waals surface area (Å²) in [6, 6.07) is 5.18. The van der Waals surface area contributed by atoms with E-state index in [1.165, 1.54) is 0 Å². The molecule has 1 aromatic heterocycles. The van der Waals surface area contributed by atoms with Crippen LogP contribution in [0.25, 0.3) is 0 Å². The highest BCUT2D eigenvalue weighted by molar-refractivity contribution is 5.95. The second-order valence-electron chi connectivity index (χ2n) is 5.81. The Morgan fingerprint density at radius 3 is 2.61 bits per heavy atom. The van der Waals surface area contributed by atoms with Crippen molar-refractivity contribution in [3.8, 4) is 5.75 Å². The Hall–Kier alpha value is -2.34. The molecule has 1 amide bonds. The molecule has 0 aliphatic carbocycles. The molecule has 0 saturated carbocycles. The normalized spacial score (nSPS) is 12.3. The molecule has 1 aromatic carbocycles. The molecule has 0 aliphatic rings. The average Bonchev–Trinajstić information content (AvgIpc) is 2.88. The zero-order valence-corrected chi connectivity index (χ0v) is 14.3. The minimum absolute atomic E-state index is 0.119. The molecule has 1 unspecified atom stereocenters. The number of nitrogens with one attached hydrogen (secondary N) is 2. The highest BCUT2D eigenvalue weighted by Gasteiger charge is 2.20. The molecule has 2 rings (SSSR count). The van der Waals surface area contributed by atoms with E-state index in [-0.39, 0.29) is 12.0 Å². The number of benzene rings is 1. The quantitative estimate of drug-likeness (QED) is 0.859. The maximum atomic E-state index is 12.5. The lowest BCUT2D eigenvalue weighted by atomic mass is 10.1. The molecule has 2 N–H and O–H groups in total. The lowest BCUT2D eigenvalue weighted by Crippen LogP contribution is -2.30. The minimum atomic E-state index is -0.449. The number of ether oxygens (including phenoxy) is 1. The summed E-state index contributed by atoms with van der Waals surface area (Å²) in [7, 11) is 3.58. The summed E-state index contributed by atoms with van der Waals surface area (Å²) in [5.74, 6) is 0.702. The summed E-state index contributed by atoms with van der Waals surface area (Å²) in [4.78, 5) is 12.5. The third kappa shape index (κ3) is 4.32. The van der Waals surface area contributed by atoms with Crippen molar-refractivity contribution in [2.45, 2.75) is 32.9 Å². The summed E-state index contributed by atoms with van der Waals surface area (Å²) >= 11 is 0. The monoisotopic (exact) mass is 316 g/mol. The lowest BCUT2D eigenvalue weighted by molar-refractivity contribution is -0.118. The fourth-order valence-electron chi connectivity index (χ4n) is 2.37. The molecule has 0 aliphatic heterocycles. The molecule has 23 heavy (non-hydrogen) atoms. The second kappa shape index (κ2) is 7.28. The number of amides is 1. The van der Waals surface area contributed by atoms with Crippen molar-refractivity contribution in [2.75, 3.05) is 12.4 Å². The summed E-state index contributed by atoms with van der Waals surface area (Å²) in [5.41, 5.74) is 2.55. The first kappa shape index (κ1) is 17.0. The van der Waals surface area contributed by atoms with Crippen molar-refractivity contribution in [2.24, 2.45) is 7.05 Å². The zero-order chi connectivity index (χ0) is 17.0. The molecule has 0 bridgehead atoms. The highest BCUT2D eigenvalue weighted by Crippen LogP contribution is 2.24. The Labute approximate surface area is 136 Å². The van der Waals surface area contributed by atoms with Crippen LogP contribution < -0.4 is 15.4 Å². The van der Waals surface area contributed by atoms with Gasteiger partial charge in [-0.2, -0.15) is 5.10 Å². The van der Waals surface area contributed by atoms with Crippen LogP contribution in [-0.2, 0) is 11.8 Å². The van der Waals surface area contributed by atoms with E-state index in [9.17, 15) is 4.79 Å². The number of hydrogen-bond acceptors (Lipinski definition) is 4. The van der Waals surface area contributed by atoms with Crippen molar-refractivity contribution < 1.29 is 9.53 Å². The second-order valence-corrected chi connectivity index (χ2v) is 5.81. The molecule has 0 saturated heterocycles. The smallest absolute Gasteiger partial charge is 0.246 e. The van der Waals surface area contributed by atoms with Gasteiger partial charge in [0.1, 0.15) is 11.8 Å². The third-order valence-corrected chi connectivity index (χ3v) is 3.41. The number of aryl methyl sites for hydroxylation is 2. The topological polar surface area (TPSA) is 68.2 Å². The predicted octanol–water partition coefficient (Wildman–Crippen LogP) is 2.41. The number of anilines is 1. The van der Waals surface area contributed by atoms with Gasteiger partial charge in [0, 0.05) is 24.5 Å². The summed E-state index contributed by atoms with van der Waals surface area (Å²) in [5, 5.41) is 10.1. The van der Waals surface area contributed by atoms with E-state index in [1.54, 1.807) is 17.9 Å². The number of hydrogen-bond donors (Lipinski definition) is 2. The van der Waals surface area contributed by atoms with Crippen LogP contribution in [0.15, 0.2) is 30.6 Å². The van der Waals surface area contributed by atoms with Crippen LogP contribution in [0.1, 0.15) is 31.0 Å². The molecule has 1 heterocycles. The fourth-order valence-corrected chi connectivity index (χ4v) is 2.37. The van der Waals surface area contributed by atoms with E-state index in [1.807, 2.05) is 52.2 Å². The zero-order valence-electron chi connectivity index (χ0n) is 14.3. The number of aromatic nitrogens is 2. The molecule has 6 nitrogen and oxygen atoms in total. The Morgan fingerprint density at radius 1 is 1.35 bits per heavy atom. The molecule has 0 radical (unpaired) electrons. The molecule has 0 fully saturated rings. The summed E-state index contributed by atoms with van der Waals surface area (Å²) in [6.45, 7) is 5.94. The first-order chi connectivity index (χ1) is 10.9. The maximum absolute atomic E-state index is 12.5. The standard InChI is InChI=1S/C17H24N4O2/c1-11(2)23-15-7-6-14(8-12(15)3)20-17(22)16(18-4)13-9-19-21(5)10-13/h6-11,16,18H,1-5H3,(H,20,22). The van der Waals surface area contributed by atoms with Gasteiger partial charge in [-0.1, -0.05) is 0 Å². The molecular formula is C17H24N4O2. The Bertz CT molecular complexity index is 679. The molecule has 0 spiro atoms. The SMILES string of the molecule is CNC(C(=O)Nc1ccc(OC(C)C)c(C)c1)c1cnn(C)c1. The van der Waals surface area contributed by atoms with Crippen molar-refractivity contribution >= 4 is 11.6 Å². The van der Waals surface area contributed by atoms with Gasteiger partial charge in [-0.15, -0.1) is 0 Å². The van der Waals surface area contributed by atoms with Crippen LogP contribution >= 0.6 is 0 Å². The molecular weight excluding hydrogens is 292 g/mol. The Kier molecular flexibility index (Phi) is 5.39. The lowest BCUT2D eigenvalue weighted by Gasteiger charge is -2.16. The predicted molar refractivity (Wildman–Crippen MR) is 90.6 cm³/mol. The van der Waals surface area contributed by atoms with E-state index >= 15 is 0 Å². The molecule has 2 aromatic rings. The summed E-state index contributed by atoms with van der Waals surface area (Å²) in [6.07, 6.45) is 3.63. The fraction of sp³-hybridized carbons (Fsp3) is 0.412. The van der Waals surface area contributed by atoms with Gasteiger partial charge >= 0.3 is 0 Å². The van der Waals surface area contributed by atoms with Gasteiger partial charge < -0.3 is 15.4 Å². The molecule has 1 atom stereocenters. The van der Waals surface area contributed by atoms with Crippen LogP contribution in [0, 0.1) is 6.92 Å². The van der Waals surface area contributed by atoms with Crippen LogP contribution in [0.5, 0.6) is 5.75 Å². The van der Waals surface area contributed by atoms with E-state index in [0.717, 1.165) is 22.6 Å². The van der Waals surface area contributed by atoms with Crippen LogP contribution in [0.4, 0.5) is 5.69 Å². The highest BCUT2D eigenvalue weighted by atomic mass is 16.5. The number of carbonyl (C=O) groups is 1. The number of carbonyl (C=O) groups excluding carboxylic acids is 1. The van der Waals surface area contributed by atoms with Crippen LogP contribution in [-0.4, -0.2) is 28.8 Å². The average molecular weight is 316 g/mol. The van der Waals surface area contributed by atoms with Gasteiger partial charge in [0.15, 0.2) is 0 Å². The minimum Gasteiger partial charge on any atom is -0.491 e. The first-order valence-electron chi connectivity index (χ1n) is 7.64. The Morgan fingerprint density at radius 2 is 2.09 bits per heavy atom. The Balaban J connectivity index is 2.11. The van der Waals surface area contributed by atoms with Gasteiger partial charge in [-0.3, -0.25) is 9.48 Å². The maximum Gasteiger partial charge on any atom is 0.246 e. The van der Waals surface area contributed by atoms with E-state index in [4.69, 9.17) is 4.74 Å². The number of likely N-dealkylation sites (N-methyl/N-ethyl adjacent to an activating group) is 1. The molecule has 124 valence electrons. The van der Waals surface area contributed by atoms with Gasteiger partial charge in [0.05, 0.1) is 12.3 Å². The van der Waals surface area contributed by atoms with E-state index in [2.05, 4.69) is 15.7 Å². The van der Waals surface area contributed by atoms with Crippen molar-refractivity contribution in [3.63, 3.8) is 0 Å². The number of rotatable bonds is 6. The first-order valence-corrected chi connectivity index (χ1v) is 7.64. The van der Waals surface area contributed by atoms with Crippen LogP contribution in [0.3, 0.4) is 0 Å². The largest absolute Gasteiger partial charge is 0.491 e. The summed E-state index contributed by atoms with van der Waals surface area (Å²) < 4.78 is 7.39. The van der Waals surface area contributed by atoms with Crippen LogP contribution in [0.2, 0.25) is 0 Å². The van der Waals surface area contributed by atoms with Crippen molar-refractivity contribution in [1.82, 2.24) is 15.1 Å². The third-order valence-electron chi connectivity index (χ3n) is 3.41. The van der Waals surface area contributed by atoms with Crippen molar-refractivity contribution in [3.05, 3.63) is 41.7 Å².